The van der Waals surface area contributed by atoms with Crippen LogP contribution in [0, 0.1) is 11.8 Å². The zero-order valence-corrected chi connectivity index (χ0v) is 12.5. The first-order valence-electron chi connectivity index (χ1n) is 7.22. The van der Waals surface area contributed by atoms with Gasteiger partial charge in [0.05, 0.1) is 7.11 Å². The summed E-state index contributed by atoms with van der Waals surface area (Å²) in [6.07, 6.45) is 1.25. The van der Waals surface area contributed by atoms with Crippen molar-refractivity contribution in [2.24, 2.45) is 17.6 Å². The number of rotatable bonds is 3. The van der Waals surface area contributed by atoms with Crippen molar-refractivity contribution in [1.29, 1.82) is 0 Å². The molecule has 3 unspecified atom stereocenters. The number of piperidine rings is 1. The molecule has 3 atom stereocenters. The van der Waals surface area contributed by atoms with Crippen molar-refractivity contribution in [3.8, 4) is 5.75 Å². The van der Waals surface area contributed by atoms with Crippen LogP contribution in [-0.4, -0.2) is 20.2 Å². The molecular formula is C16H26N2O. The third-order valence-electron chi connectivity index (χ3n) is 4.39. The van der Waals surface area contributed by atoms with Gasteiger partial charge in [0.15, 0.2) is 0 Å². The second kappa shape index (κ2) is 5.83. The molecule has 0 bridgehead atoms. The minimum absolute atomic E-state index is 0.0131. The molecule has 2 N–H and O–H groups in total. The van der Waals surface area contributed by atoms with Gasteiger partial charge >= 0.3 is 0 Å². The smallest absolute Gasteiger partial charge is 0.125 e. The number of benzene rings is 1. The number of nitrogens with zero attached hydrogens (tertiary/aromatic N) is 1. The van der Waals surface area contributed by atoms with Crippen LogP contribution in [0.2, 0.25) is 0 Å². The van der Waals surface area contributed by atoms with E-state index in [-0.39, 0.29) is 6.04 Å². The van der Waals surface area contributed by atoms with Crippen molar-refractivity contribution < 1.29 is 4.74 Å². The highest BCUT2D eigenvalue weighted by Gasteiger charge is 2.25. The summed E-state index contributed by atoms with van der Waals surface area (Å²) in [5, 5.41) is 0. The lowest BCUT2D eigenvalue weighted by Crippen LogP contribution is -2.39. The van der Waals surface area contributed by atoms with E-state index in [1.54, 1.807) is 7.11 Å². The van der Waals surface area contributed by atoms with Gasteiger partial charge < -0.3 is 15.4 Å². The molecule has 3 heteroatoms. The monoisotopic (exact) mass is 262 g/mol. The highest BCUT2D eigenvalue weighted by Crippen LogP contribution is 2.36. The fourth-order valence-electron chi connectivity index (χ4n) is 2.93. The Kier molecular flexibility index (Phi) is 4.35. The number of methoxy groups -OCH3 is 1. The Morgan fingerprint density at radius 3 is 2.63 bits per heavy atom. The average Bonchev–Trinajstić information content (AvgIpc) is 2.40. The molecule has 19 heavy (non-hydrogen) atoms. The van der Waals surface area contributed by atoms with Crippen molar-refractivity contribution in [3.63, 3.8) is 0 Å². The van der Waals surface area contributed by atoms with Crippen LogP contribution < -0.4 is 15.4 Å². The van der Waals surface area contributed by atoms with Crippen LogP contribution >= 0.6 is 0 Å². The molecule has 2 rings (SSSR count). The zero-order chi connectivity index (χ0) is 14.0. The van der Waals surface area contributed by atoms with E-state index in [0.29, 0.717) is 0 Å². The van der Waals surface area contributed by atoms with Gasteiger partial charge in [-0.25, -0.2) is 0 Å². The van der Waals surface area contributed by atoms with Gasteiger partial charge in [-0.1, -0.05) is 19.9 Å². The van der Waals surface area contributed by atoms with Gasteiger partial charge in [0, 0.05) is 30.4 Å². The lowest BCUT2D eigenvalue weighted by Gasteiger charge is -2.38. The Morgan fingerprint density at radius 1 is 1.32 bits per heavy atom. The minimum Gasteiger partial charge on any atom is -0.496 e. The summed E-state index contributed by atoms with van der Waals surface area (Å²) in [5.41, 5.74) is 8.53. The molecule has 0 aromatic heterocycles. The fourth-order valence-corrected chi connectivity index (χ4v) is 2.93. The van der Waals surface area contributed by atoms with E-state index in [9.17, 15) is 0 Å². The largest absolute Gasteiger partial charge is 0.496 e. The van der Waals surface area contributed by atoms with E-state index in [0.717, 1.165) is 36.2 Å². The van der Waals surface area contributed by atoms with Crippen molar-refractivity contribution >= 4 is 5.69 Å². The summed E-state index contributed by atoms with van der Waals surface area (Å²) in [6.45, 7) is 8.92. The maximum Gasteiger partial charge on any atom is 0.125 e. The molecule has 1 fully saturated rings. The Labute approximate surface area is 116 Å². The van der Waals surface area contributed by atoms with Crippen LogP contribution in [0.1, 0.15) is 38.8 Å². The lowest BCUT2D eigenvalue weighted by atomic mass is 9.88. The van der Waals surface area contributed by atoms with Crippen molar-refractivity contribution in [2.45, 2.75) is 33.2 Å². The first-order valence-corrected chi connectivity index (χ1v) is 7.22. The molecule has 1 aliphatic rings. The topological polar surface area (TPSA) is 38.5 Å². The van der Waals surface area contributed by atoms with Gasteiger partial charge in [0.1, 0.15) is 5.75 Å². The van der Waals surface area contributed by atoms with Gasteiger partial charge in [-0.05, 0) is 37.3 Å². The van der Waals surface area contributed by atoms with Crippen LogP contribution in [0.4, 0.5) is 5.69 Å². The Hall–Kier alpha value is -1.22. The Morgan fingerprint density at radius 2 is 2.05 bits per heavy atom. The summed E-state index contributed by atoms with van der Waals surface area (Å²) in [5.74, 6) is 2.43. The highest BCUT2D eigenvalue weighted by molar-refractivity contribution is 5.61. The molecular weight excluding hydrogens is 236 g/mol. The third kappa shape index (κ3) is 2.86. The van der Waals surface area contributed by atoms with Gasteiger partial charge in [0.25, 0.3) is 0 Å². The standard InChI is InChI=1S/C16H26N2O/c1-11-8-9-18(10-12(11)2)14-6-5-7-15(19-4)16(14)13(3)17/h5-7,11-13H,8-10,17H2,1-4H3. The summed E-state index contributed by atoms with van der Waals surface area (Å²) < 4.78 is 5.48. The predicted molar refractivity (Wildman–Crippen MR) is 80.8 cm³/mol. The van der Waals surface area contributed by atoms with Gasteiger partial charge in [-0.15, -0.1) is 0 Å². The minimum atomic E-state index is -0.0131. The fraction of sp³-hybridized carbons (Fsp3) is 0.625. The van der Waals surface area contributed by atoms with E-state index in [2.05, 4.69) is 30.9 Å². The van der Waals surface area contributed by atoms with E-state index >= 15 is 0 Å². The maximum absolute atomic E-state index is 6.15. The number of nitrogens with two attached hydrogens (primary N) is 1. The molecule has 1 aliphatic heterocycles. The summed E-state index contributed by atoms with van der Waals surface area (Å²) in [7, 11) is 1.71. The maximum atomic E-state index is 6.15. The molecule has 1 heterocycles. The number of hydrogen-bond acceptors (Lipinski definition) is 3. The van der Waals surface area contributed by atoms with E-state index < -0.39 is 0 Å². The Balaban J connectivity index is 2.34. The van der Waals surface area contributed by atoms with E-state index in [1.807, 2.05) is 13.0 Å². The Bertz CT molecular complexity index is 431. The molecule has 3 nitrogen and oxygen atoms in total. The first kappa shape index (κ1) is 14.2. The van der Waals surface area contributed by atoms with Crippen LogP contribution in [0.25, 0.3) is 0 Å². The molecule has 1 aromatic rings. The van der Waals surface area contributed by atoms with E-state index in [4.69, 9.17) is 10.5 Å². The summed E-state index contributed by atoms with van der Waals surface area (Å²) in [6, 6.07) is 6.21. The average molecular weight is 262 g/mol. The van der Waals surface area contributed by atoms with E-state index in [1.165, 1.54) is 12.1 Å². The molecule has 0 amide bonds. The van der Waals surface area contributed by atoms with Crippen LogP contribution in [0.5, 0.6) is 5.75 Å². The third-order valence-corrected chi connectivity index (χ3v) is 4.39. The van der Waals surface area contributed by atoms with Crippen molar-refractivity contribution in [3.05, 3.63) is 23.8 Å². The molecule has 0 spiro atoms. The second-order valence-corrected chi connectivity index (χ2v) is 5.87. The van der Waals surface area contributed by atoms with Gasteiger partial charge in [-0.3, -0.25) is 0 Å². The number of hydrogen-bond donors (Lipinski definition) is 1. The quantitative estimate of drug-likeness (QED) is 0.909. The van der Waals surface area contributed by atoms with Gasteiger partial charge in [0.2, 0.25) is 0 Å². The first-order chi connectivity index (χ1) is 9.04. The van der Waals surface area contributed by atoms with Crippen LogP contribution in [0.3, 0.4) is 0 Å². The zero-order valence-electron chi connectivity index (χ0n) is 12.5. The predicted octanol–water partition coefficient (Wildman–Crippen LogP) is 3.20. The molecule has 0 saturated carbocycles. The van der Waals surface area contributed by atoms with Crippen LogP contribution in [0.15, 0.2) is 18.2 Å². The lowest BCUT2D eigenvalue weighted by molar-refractivity contribution is 0.323. The molecule has 1 saturated heterocycles. The number of anilines is 1. The summed E-state index contributed by atoms with van der Waals surface area (Å²) in [4.78, 5) is 2.46. The molecule has 0 radical (unpaired) electrons. The summed E-state index contributed by atoms with van der Waals surface area (Å²) >= 11 is 0. The van der Waals surface area contributed by atoms with Gasteiger partial charge in [-0.2, -0.15) is 0 Å². The normalized spacial score (nSPS) is 25.2. The van der Waals surface area contributed by atoms with Crippen LogP contribution in [-0.2, 0) is 0 Å². The SMILES string of the molecule is COc1cccc(N2CCC(C)C(C)C2)c1C(C)N. The highest BCUT2D eigenvalue weighted by atomic mass is 16.5. The number of ether oxygens (including phenoxy) is 1. The molecule has 106 valence electrons. The molecule has 1 aromatic carbocycles. The van der Waals surface area contributed by atoms with Crippen molar-refractivity contribution in [1.82, 2.24) is 0 Å². The van der Waals surface area contributed by atoms with Crippen molar-refractivity contribution in [2.75, 3.05) is 25.1 Å². The second-order valence-electron chi connectivity index (χ2n) is 5.87. The molecule has 0 aliphatic carbocycles.